The minimum Gasteiger partial charge on any atom is -0.398 e. The summed E-state index contributed by atoms with van der Waals surface area (Å²) in [6.07, 6.45) is 20.6. The zero-order valence-electron chi connectivity index (χ0n) is 23.4. The van der Waals surface area contributed by atoms with Gasteiger partial charge in [0.2, 0.25) is 0 Å². The Morgan fingerprint density at radius 2 is 0.857 bits per heavy atom. The molecule has 2 N–H and O–H groups in total. The molecule has 0 unspecified atom stereocenters. The lowest BCUT2D eigenvalue weighted by atomic mass is 9.91. The highest BCUT2D eigenvalue weighted by Gasteiger charge is 2.51. The van der Waals surface area contributed by atoms with E-state index in [1.165, 1.54) is 78.1 Å². The molecule has 0 atom stereocenters. The molecule has 0 amide bonds. The summed E-state index contributed by atoms with van der Waals surface area (Å²) >= 11 is 0. The van der Waals surface area contributed by atoms with Gasteiger partial charge in [-0.2, -0.15) is 0 Å². The Bertz CT molecular complexity index is 495. The van der Waals surface area contributed by atoms with Crippen LogP contribution in [0.5, 0.6) is 0 Å². The molecule has 0 bridgehead atoms. The van der Waals surface area contributed by atoms with Crippen molar-refractivity contribution >= 4 is 11.9 Å². The van der Waals surface area contributed by atoms with Gasteiger partial charge in [-0.3, -0.25) is 9.59 Å². The average molecular weight is 501 g/mol. The number of aliphatic hydroxyl groups is 2. The Kier molecular flexibility index (Phi) is 20.3. The molecule has 0 saturated heterocycles. The molecule has 0 fully saturated rings. The van der Waals surface area contributed by atoms with Crippen LogP contribution in [-0.4, -0.2) is 34.7 Å². The van der Waals surface area contributed by atoms with E-state index in [1.54, 1.807) is 0 Å². The van der Waals surface area contributed by atoms with Crippen LogP contribution in [0.2, 0.25) is 0 Å². The SMILES string of the molecule is CCCCCCCCCCCC(=O)OC(O)(OC(=O)CCCCCCCCCCC)C(C)(C)CO. The first-order valence-corrected chi connectivity index (χ1v) is 14.5. The summed E-state index contributed by atoms with van der Waals surface area (Å²) in [7, 11) is 0. The highest BCUT2D eigenvalue weighted by Crippen LogP contribution is 2.34. The minimum absolute atomic E-state index is 0.148. The summed E-state index contributed by atoms with van der Waals surface area (Å²) in [6, 6.07) is 0. The predicted molar refractivity (Wildman–Crippen MR) is 142 cm³/mol. The van der Waals surface area contributed by atoms with Gasteiger partial charge in [0.1, 0.15) is 0 Å². The zero-order valence-corrected chi connectivity index (χ0v) is 23.4. The zero-order chi connectivity index (χ0) is 26.4. The number of aliphatic hydroxyl groups excluding tert-OH is 1. The topological polar surface area (TPSA) is 93.1 Å². The molecule has 0 radical (unpaired) electrons. The van der Waals surface area contributed by atoms with Crippen molar-refractivity contribution in [3.05, 3.63) is 0 Å². The van der Waals surface area contributed by atoms with Crippen molar-refractivity contribution in [2.45, 2.75) is 162 Å². The highest BCUT2D eigenvalue weighted by atomic mass is 16.8. The Balaban J connectivity index is 4.30. The lowest BCUT2D eigenvalue weighted by Gasteiger charge is -2.38. The summed E-state index contributed by atoms with van der Waals surface area (Å²) in [5, 5.41) is 20.6. The van der Waals surface area contributed by atoms with E-state index < -0.39 is 29.9 Å². The van der Waals surface area contributed by atoms with Crippen LogP contribution in [0.3, 0.4) is 0 Å². The Labute approximate surface area is 215 Å². The maximum atomic E-state index is 12.4. The third kappa shape index (κ3) is 17.0. The van der Waals surface area contributed by atoms with E-state index in [9.17, 15) is 19.8 Å². The molecule has 0 aliphatic heterocycles. The molecule has 0 aliphatic rings. The van der Waals surface area contributed by atoms with Crippen LogP contribution in [0, 0.1) is 5.41 Å². The van der Waals surface area contributed by atoms with Crippen LogP contribution in [0.15, 0.2) is 0 Å². The molecule has 208 valence electrons. The first-order valence-electron chi connectivity index (χ1n) is 14.5. The number of hydrogen-bond acceptors (Lipinski definition) is 6. The quantitative estimate of drug-likeness (QED) is 0.0806. The first kappa shape index (κ1) is 33.9. The Morgan fingerprint density at radius 3 is 1.14 bits per heavy atom. The molecule has 0 saturated carbocycles. The molecule has 0 aromatic carbocycles. The van der Waals surface area contributed by atoms with Crippen LogP contribution < -0.4 is 0 Å². The second-order valence-electron chi connectivity index (χ2n) is 10.7. The fraction of sp³-hybridized carbons (Fsp3) is 0.931. The van der Waals surface area contributed by atoms with Gasteiger partial charge in [0.25, 0.3) is 0 Å². The summed E-state index contributed by atoms with van der Waals surface area (Å²) in [5.74, 6) is -3.71. The van der Waals surface area contributed by atoms with E-state index in [-0.39, 0.29) is 12.8 Å². The monoisotopic (exact) mass is 500 g/mol. The molecule has 0 spiro atoms. The first-order chi connectivity index (χ1) is 16.7. The number of unbranched alkanes of at least 4 members (excludes halogenated alkanes) is 16. The van der Waals surface area contributed by atoms with Gasteiger partial charge < -0.3 is 19.7 Å². The van der Waals surface area contributed by atoms with Gasteiger partial charge >= 0.3 is 17.9 Å². The predicted octanol–water partition coefficient (Wildman–Crippen LogP) is 7.58. The van der Waals surface area contributed by atoms with Gasteiger partial charge in [0.15, 0.2) is 0 Å². The van der Waals surface area contributed by atoms with Crippen molar-refractivity contribution < 1.29 is 29.3 Å². The summed E-state index contributed by atoms with van der Waals surface area (Å²) in [6.45, 7) is 6.93. The lowest BCUT2D eigenvalue weighted by Crippen LogP contribution is -2.53. The van der Waals surface area contributed by atoms with Gasteiger partial charge in [-0.25, -0.2) is 0 Å². The summed E-state index contributed by atoms with van der Waals surface area (Å²) in [5.41, 5.74) is -1.34. The van der Waals surface area contributed by atoms with Crippen molar-refractivity contribution in [1.29, 1.82) is 0 Å². The second kappa shape index (κ2) is 21.0. The molecular formula is C29H56O6. The van der Waals surface area contributed by atoms with Gasteiger partial charge in [-0.15, -0.1) is 0 Å². The number of esters is 2. The van der Waals surface area contributed by atoms with E-state index >= 15 is 0 Å². The molecular weight excluding hydrogens is 444 g/mol. The highest BCUT2D eigenvalue weighted by molar-refractivity contribution is 5.72. The number of carbonyl (C=O) groups excluding carboxylic acids is 2. The Hall–Kier alpha value is -1.14. The van der Waals surface area contributed by atoms with Gasteiger partial charge in [-0.1, -0.05) is 117 Å². The number of hydrogen-bond donors (Lipinski definition) is 2. The molecule has 0 heterocycles. The third-order valence-corrected chi connectivity index (χ3v) is 6.72. The number of carbonyl (C=O) groups is 2. The van der Waals surface area contributed by atoms with Gasteiger partial charge in [0, 0.05) is 12.8 Å². The number of ether oxygens (including phenoxy) is 2. The van der Waals surface area contributed by atoms with Crippen molar-refractivity contribution in [3.8, 4) is 0 Å². The number of rotatable bonds is 24. The molecule has 0 aromatic heterocycles. The van der Waals surface area contributed by atoms with E-state index in [2.05, 4.69) is 13.8 Å². The van der Waals surface area contributed by atoms with Crippen molar-refractivity contribution in [3.63, 3.8) is 0 Å². The average Bonchev–Trinajstić information content (AvgIpc) is 2.81. The largest absolute Gasteiger partial charge is 0.398 e. The smallest absolute Gasteiger partial charge is 0.380 e. The molecule has 6 heteroatoms. The van der Waals surface area contributed by atoms with Crippen molar-refractivity contribution in [1.82, 2.24) is 0 Å². The van der Waals surface area contributed by atoms with Crippen LogP contribution in [0.1, 0.15) is 156 Å². The van der Waals surface area contributed by atoms with E-state index in [4.69, 9.17) is 9.47 Å². The van der Waals surface area contributed by atoms with Crippen LogP contribution in [-0.2, 0) is 19.1 Å². The maximum absolute atomic E-state index is 12.4. The van der Waals surface area contributed by atoms with E-state index in [1.807, 2.05) is 0 Å². The molecule has 6 nitrogen and oxygen atoms in total. The second-order valence-corrected chi connectivity index (χ2v) is 10.7. The summed E-state index contributed by atoms with van der Waals surface area (Å²) < 4.78 is 10.5. The molecule has 0 aromatic rings. The minimum atomic E-state index is -2.48. The fourth-order valence-electron chi connectivity index (χ4n) is 3.97. The van der Waals surface area contributed by atoms with Crippen LogP contribution in [0.25, 0.3) is 0 Å². The maximum Gasteiger partial charge on any atom is 0.380 e. The molecule has 0 rings (SSSR count). The van der Waals surface area contributed by atoms with E-state index in [0.717, 1.165) is 38.5 Å². The lowest BCUT2D eigenvalue weighted by molar-refractivity contribution is -0.376. The van der Waals surface area contributed by atoms with Crippen molar-refractivity contribution in [2.75, 3.05) is 6.61 Å². The Morgan fingerprint density at radius 1 is 0.571 bits per heavy atom. The van der Waals surface area contributed by atoms with Crippen LogP contribution in [0.4, 0.5) is 0 Å². The van der Waals surface area contributed by atoms with Gasteiger partial charge in [0.05, 0.1) is 12.0 Å². The normalized spacial score (nSPS) is 12.1. The standard InChI is InChI=1S/C29H56O6/c1-5-7-9-11-13-15-17-19-21-23-26(31)34-29(33,28(3,4)25-30)35-27(32)24-22-20-18-16-14-12-10-8-6-2/h30,33H,5-25H2,1-4H3. The van der Waals surface area contributed by atoms with Crippen molar-refractivity contribution in [2.24, 2.45) is 5.41 Å². The molecule has 0 aliphatic carbocycles. The third-order valence-electron chi connectivity index (χ3n) is 6.72. The fourth-order valence-corrected chi connectivity index (χ4v) is 3.97. The molecule has 35 heavy (non-hydrogen) atoms. The van der Waals surface area contributed by atoms with Gasteiger partial charge in [-0.05, 0) is 26.7 Å². The van der Waals surface area contributed by atoms with Crippen LogP contribution >= 0.6 is 0 Å². The van der Waals surface area contributed by atoms with E-state index in [0.29, 0.717) is 12.8 Å². The summed E-state index contributed by atoms with van der Waals surface area (Å²) in [4.78, 5) is 24.8.